The van der Waals surface area contributed by atoms with Crippen molar-refractivity contribution in [3.8, 4) is 5.69 Å². The molecule has 0 saturated carbocycles. The maximum absolute atomic E-state index is 4.41. The number of nitrogens with one attached hydrogen (secondary N) is 1. The van der Waals surface area contributed by atoms with Gasteiger partial charge in [0.1, 0.15) is 0 Å². The van der Waals surface area contributed by atoms with Gasteiger partial charge in [-0.2, -0.15) is 0 Å². The molecule has 5 nitrogen and oxygen atoms in total. The molecule has 0 spiro atoms. The van der Waals surface area contributed by atoms with Crippen LogP contribution >= 0.6 is 11.3 Å². The lowest BCUT2D eigenvalue weighted by Crippen LogP contribution is -2.24. The summed E-state index contributed by atoms with van der Waals surface area (Å²) in [6, 6.07) is 10.0. The van der Waals surface area contributed by atoms with E-state index in [1.54, 1.807) is 17.5 Å². The van der Waals surface area contributed by atoms with Gasteiger partial charge in [0, 0.05) is 5.38 Å². The first-order valence-electron chi connectivity index (χ1n) is 6.47. The van der Waals surface area contributed by atoms with Crippen LogP contribution in [0.4, 0.5) is 0 Å². The zero-order valence-electron chi connectivity index (χ0n) is 11.1. The van der Waals surface area contributed by atoms with Gasteiger partial charge in [0.15, 0.2) is 0 Å². The Balaban J connectivity index is 2.03. The largest absolute Gasteiger partial charge is 0.304 e. The van der Waals surface area contributed by atoms with Crippen LogP contribution in [0.25, 0.3) is 5.69 Å². The van der Waals surface area contributed by atoms with Crippen LogP contribution in [0.15, 0.2) is 47.4 Å². The summed E-state index contributed by atoms with van der Waals surface area (Å²) >= 11 is 1.59. The van der Waals surface area contributed by atoms with Crippen LogP contribution in [0.5, 0.6) is 0 Å². The van der Waals surface area contributed by atoms with Crippen molar-refractivity contribution in [2.24, 2.45) is 0 Å². The van der Waals surface area contributed by atoms with Crippen molar-refractivity contribution >= 4 is 11.3 Å². The lowest BCUT2D eigenvalue weighted by Gasteiger charge is -2.16. The molecule has 0 bridgehead atoms. The SMILES string of the molecule is CCNC(c1cscn1)c1cnnn1-c1ccccc1. The van der Waals surface area contributed by atoms with Crippen molar-refractivity contribution in [3.05, 3.63) is 58.8 Å². The summed E-state index contributed by atoms with van der Waals surface area (Å²) in [6.45, 7) is 2.93. The summed E-state index contributed by atoms with van der Waals surface area (Å²) in [4.78, 5) is 4.41. The molecule has 0 amide bonds. The van der Waals surface area contributed by atoms with E-state index < -0.39 is 0 Å². The van der Waals surface area contributed by atoms with Gasteiger partial charge in [0.05, 0.1) is 34.8 Å². The lowest BCUT2D eigenvalue weighted by molar-refractivity contribution is 0.582. The summed E-state index contributed by atoms with van der Waals surface area (Å²) in [5.41, 5.74) is 4.83. The van der Waals surface area contributed by atoms with Gasteiger partial charge in [-0.15, -0.1) is 16.4 Å². The predicted octanol–water partition coefficient (Wildman–Crippen LogP) is 2.42. The molecule has 6 heteroatoms. The summed E-state index contributed by atoms with van der Waals surface area (Å²) in [5.74, 6) is 0. The third-order valence-electron chi connectivity index (χ3n) is 3.03. The maximum Gasteiger partial charge on any atom is 0.0951 e. The molecule has 0 aliphatic heterocycles. The third-order valence-corrected chi connectivity index (χ3v) is 3.63. The van der Waals surface area contributed by atoms with Crippen molar-refractivity contribution in [2.75, 3.05) is 6.54 Å². The van der Waals surface area contributed by atoms with Crippen LogP contribution in [0.1, 0.15) is 24.4 Å². The second-order valence-corrected chi connectivity index (χ2v) is 5.03. The number of hydrogen-bond acceptors (Lipinski definition) is 5. The summed E-state index contributed by atoms with van der Waals surface area (Å²) in [6.07, 6.45) is 1.79. The van der Waals surface area contributed by atoms with Gasteiger partial charge >= 0.3 is 0 Å². The number of rotatable bonds is 5. The van der Waals surface area contributed by atoms with Gasteiger partial charge in [-0.05, 0) is 18.7 Å². The molecule has 1 aromatic carbocycles. The number of hydrogen-bond donors (Lipinski definition) is 1. The number of nitrogens with zero attached hydrogens (tertiary/aromatic N) is 4. The molecule has 1 atom stereocenters. The fraction of sp³-hybridized carbons (Fsp3) is 0.214. The Morgan fingerprint density at radius 1 is 1.30 bits per heavy atom. The normalized spacial score (nSPS) is 12.4. The minimum atomic E-state index is 0.00135. The zero-order chi connectivity index (χ0) is 13.8. The van der Waals surface area contributed by atoms with Gasteiger partial charge < -0.3 is 5.32 Å². The maximum atomic E-state index is 4.41. The van der Waals surface area contributed by atoms with Crippen LogP contribution in [0.2, 0.25) is 0 Å². The second kappa shape index (κ2) is 5.94. The molecule has 0 aliphatic carbocycles. The molecule has 2 heterocycles. The molecule has 0 radical (unpaired) electrons. The average molecular weight is 285 g/mol. The molecular formula is C14H15N5S. The minimum Gasteiger partial charge on any atom is -0.304 e. The van der Waals surface area contributed by atoms with E-state index in [-0.39, 0.29) is 6.04 Å². The van der Waals surface area contributed by atoms with Crippen molar-refractivity contribution in [1.82, 2.24) is 25.3 Å². The van der Waals surface area contributed by atoms with Gasteiger partial charge in [0.25, 0.3) is 0 Å². The summed E-state index contributed by atoms with van der Waals surface area (Å²) in [5, 5.41) is 13.8. The fourth-order valence-electron chi connectivity index (χ4n) is 2.14. The van der Waals surface area contributed by atoms with Gasteiger partial charge in [0.2, 0.25) is 0 Å². The van der Waals surface area contributed by atoms with E-state index in [2.05, 4.69) is 32.9 Å². The van der Waals surface area contributed by atoms with Gasteiger partial charge in [-0.1, -0.05) is 30.3 Å². The molecule has 2 aromatic heterocycles. The van der Waals surface area contributed by atoms with Crippen molar-refractivity contribution in [1.29, 1.82) is 0 Å². The highest BCUT2D eigenvalue weighted by molar-refractivity contribution is 7.07. The van der Waals surface area contributed by atoms with Crippen LogP contribution in [0, 0.1) is 0 Å². The fourth-order valence-corrected chi connectivity index (χ4v) is 2.72. The monoisotopic (exact) mass is 285 g/mol. The van der Waals surface area contributed by atoms with Crippen LogP contribution in [-0.2, 0) is 0 Å². The Hall–Kier alpha value is -2.05. The van der Waals surface area contributed by atoms with E-state index in [1.165, 1.54) is 0 Å². The van der Waals surface area contributed by atoms with E-state index >= 15 is 0 Å². The van der Waals surface area contributed by atoms with Gasteiger partial charge in [-0.25, -0.2) is 9.67 Å². The molecule has 0 fully saturated rings. The van der Waals surface area contributed by atoms with Crippen LogP contribution in [-0.4, -0.2) is 26.5 Å². The Morgan fingerprint density at radius 2 is 2.15 bits per heavy atom. The first-order chi connectivity index (χ1) is 9.90. The van der Waals surface area contributed by atoms with Gasteiger partial charge in [-0.3, -0.25) is 0 Å². The topological polar surface area (TPSA) is 55.6 Å². The smallest absolute Gasteiger partial charge is 0.0951 e. The van der Waals surface area contributed by atoms with E-state index in [9.17, 15) is 0 Å². The van der Waals surface area contributed by atoms with Crippen LogP contribution in [0.3, 0.4) is 0 Å². The number of aromatic nitrogens is 4. The van der Waals surface area contributed by atoms with E-state index in [1.807, 2.05) is 40.5 Å². The highest BCUT2D eigenvalue weighted by atomic mass is 32.1. The Labute approximate surface area is 121 Å². The Kier molecular flexibility index (Phi) is 3.85. The van der Waals surface area contributed by atoms with E-state index in [0.29, 0.717) is 0 Å². The molecular weight excluding hydrogens is 270 g/mol. The third kappa shape index (κ3) is 2.48. The minimum absolute atomic E-state index is 0.00135. The molecule has 3 rings (SSSR count). The second-order valence-electron chi connectivity index (χ2n) is 4.31. The number of benzene rings is 1. The molecule has 1 unspecified atom stereocenters. The lowest BCUT2D eigenvalue weighted by atomic mass is 10.1. The molecule has 0 saturated heterocycles. The highest BCUT2D eigenvalue weighted by Gasteiger charge is 2.20. The molecule has 3 aromatic rings. The standard InChI is InChI=1S/C14H15N5S/c1-2-15-14(12-9-20-10-16-12)13-8-17-18-19(13)11-6-4-3-5-7-11/h3-10,14-15H,2H2,1H3. The summed E-state index contributed by atoms with van der Waals surface area (Å²) in [7, 11) is 0. The molecule has 102 valence electrons. The van der Waals surface area contributed by atoms with Crippen molar-refractivity contribution < 1.29 is 0 Å². The number of para-hydroxylation sites is 1. The first kappa shape index (κ1) is 13.0. The average Bonchev–Trinajstić information content (AvgIpc) is 3.17. The predicted molar refractivity (Wildman–Crippen MR) is 79.0 cm³/mol. The Bertz CT molecular complexity index is 647. The number of thiazole rings is 1. The zero-order valence-corrected chi connectivity index (χ0v) is 11.9. The van der Waals surface area contributed by atoms with Crippen molar-refractivity contribution in [2.45, 2.75) is 13.0 Å². The van der Waals surface area contributed by atoms with Crippen LogP contribution < -0.4 is 5.32 Å². The molecule has 0 aliphatic rings. The first-order valence-corrected chi connectivity index (χ1v) is 7.42. The Morgan fingerprint density at radius 3 is 2.85 bits per heavy atom. The highest BCUT2D eigenvalue weighted by Crippen LogP contribution is 2.23. The molecule has 20 heavy (non-hydrogen) atoms. The summed E-state index contributed by atoms with van der Waals surface area (Å²) < 4.78 is 1.85. The quantitative estimate of drug-likeness (QED) is 0.782. The van der Waals surface area contributed by atoms with E-state index in [0.717, 1.165) is 23.6 Å². The van der Waals surface area contributed by atoms with Crippen molar-refractivity contribution in [3.63, 3.8) is 0 Å². The van der Waals surface area contributed by atoms with E-state index in [4.69, 9.17) is 0 Å². The molecule has 1 N–H and O–H groups in total.